The lowest BCUT2D eigenvalue weighted by molar-refractivity contribution is 0.101. The molecule has 0 unspecified atom stereocenters. The molecule has 2 aromatic rings. The van der Waals surface area contributed by atoms with Crippen LogP contribution in [0.4, 0.5) is 0 Å². The molecule has 17 heavy (non-hydrogen) atoms. The standard InChI is InChI=1S/C12H9Cl2NOS/c13-6-11(16)10-7-17-12(15-10)5-8-2-1-3-9(14)4-8/h1-4,7H,5-6H2. The number of benzene rings is 1. The van der Waals surface area contributed by atoms with Gasteiger partial charge in [-0.1, -0.05) is 23.7 Å². The highest BCUT2D eigenvalue weighted by Crippen LogP contribution is 2.18. The number of Topliss-reactive ketones (excluding diaryl/α,β-unsaturated/α-hetero) is 1. The van der Waals surface area contributed by atoms with Gasteiger partial charge in [-0.05, 0) is 17.7 Å². The zero-order valence-corrected chi connectivity index (χ0v) is 11.1. The van der Waals surface area contributed by atoms with Gasteiger partial charge >= 0.3 is 0 Å². The summed E-state index contributed by atoms with van der Waals surface area (Å²) in [6.07, 6.45) is 0.681. The number of rotatable bonds is 4. The van der Waals surface area contributed by atoms with E-state index in [2.05, 4.69) is 4.98 Å². The first-order valence-electron chi connectivity index (χ1n) is 4.97. The minimum absolute atomic E-state index is 0.0274. The summed E-state index contributed by atoms with van der Waals surface area (Å²) in [7, 11) is 0. The average molecular weight is 286 g/mol. The van der Waals surface area contributed by atoms with Crippen LogP contribution in [-0.2, 0) is 6.42 Å². The van der Waals surface area contributed by atoms with E-state index >= 15 is 0 Å². The summed E-state index contributed by atoms with van der Waals surface area (Å²) in [4.78, 5) is 15.6. The summed E-state index contributed by atoms with van der Waals surface area (Å²) in [5.74, 6) is -0.166. The second-order valence-corrected chi connectivity index (χ2v) is 5.14. The van der Waals surface area contributed by atoms with Crippen molar-refractivity contribution < 1.29 is 4.79 Å². The van der Waals surface area contributed by atoms with Crippen molar-refractivity contribution >= 4 is 40.3 Å². The molecule has 1 aromatic carbocycles. The number of aromatic nitrogens is 1. The van der Waals surface area contributed by atoms with Gasteiger partial charge in [-0.25, -0.2) is 4.98 Å². The third-order valence-corrected chi connectivity index (χ3v) is 3.53. The molecule has 0 aliphatic carbocycles. The fourth-order valence-corrected chi connectivity index (χ4v) is 2.59. The van der Waals surface area contributed by atoms with Crippen LogP contribution >= 0.6 is 34.5 Å². The smallest absolute Gasteiger partial charge is 0.196 e. The van der Waals surface area contributed by atoms with Crippen molar-refractivity contribution in [1.82, 2.24) is 4.98 Å². The Morgan fingerprint density at radius 1 is 1.41 bits per heavy atom. The first-order valence-corrected chi connectivity index (χ1v) is 6.76. The van der Waals surface area contributed by atoms with E-state index < -0.39 is 0 Å². The highest BCUT2D eigenvalue weighted by molar-refractivity contribution is 7.09. The molecule has 0 bridgehead atoms. The van der Waals surface area contributed by atoms with Crippen LogP contribution in [0.25, 0.3) is 0 Å². The molecule has 0 saturated heterocycles. The quantitative estimate of drug-likeness (QED) is 0.632. The Hall–Kier alpha value is -0.900. The predicted molar refractivity (Wildman–Crippen MR) is 71.4 cm³/mol. The van der Waals surface area contributed by atoms with Crippen molar-refractivity contribution in [2.24, 2.45) is 0 Å². The predicted octanol–water partition coefficient (Wildman–Crippen LogP) is 3.81. The molecule has 0 saturated carbocycles. The summed E-state index contributed by atoms with van der Waals surface area (Å²) in [6, 6.07) is 7.60. The Bertz CT molecular complexity index is 539. The lowest BCUT2D eigenvalue weighted by Gasteiger charge is -1.98. The summed E-state index contributed by atoms with van der Waals surface area (Å²) >= 11 is 12.8. The van der Waals surface area contributed by atoms with Gasteiger partial charge in [0.1, 0.15) is 5.69 Å². The highest BCUT2D eigenvalue weighted by atomic mass is 35.5. The normalized spacial score (nSPS) is 10.5. The van der Waals surface area contributed by atoms with Crippen LogP contribution < -0.4 is 0 Å². The maximum atomic E-state index is 11.3. The summed E-state index contributed by atoms with van der Waals surface area (Å²) in [5, 5.41) is 3.33. The fourth-order valence-electron chi connectivity index (χ4n) is 1.41. The van der Waals surface area contributed by atoms with Crippen LogP contribution in [0, 0.1) is 0 Å². The molecule has 0 N–H and O–H groups in total. The lowest BCUT2D eigenvalue weighted by atomic mass is 10.2. The Morgan fingerprint density at radius 2 is 2.24 bits per heavy atom. The van der Waals surface area contributed by atoms with Gasteiger partial charge in [-0.15, -0.1) is 22.9 Å². The van der Waals surface area contributed by atoms with Gasteiger partial charge in [-0.2, -0.15) is 0 Å². The van der Waals surface area contributed by atoms with Gasteiger partial charge in [0, 0.05) is 16.8 Å². The molecule has 88 valence electrons. The molecular weight excluding hydrogens is 277 g/mol. The number of hydrogen-bond acceptors (Lipinski definition) is 3. The molecule has 0 radical (unpaired) electrons. The zero-order chi connectivity index (χ0) is 12.3. The van der Waals surface area contributed by atoms with E-state index in [1.165, 1.54) is 11.3 Å². The molecule has 0 fully saturated rings. The Morgan fingerprint density at radius 3 is 2.94 bits per heavy atom. The number of ketones is 1. The fraction of sp³-hybridized carbons (Fsp3) is 0.167. The topological polar surface area (TPSA) is 30.0 Å². The largest absolute Gasteiger partial charge is 0.291 e. The zero-order valence-electron chi connectivity index (χ0n) is 8.82. The van der Waals surface area contributed by atoms with Crippen molar-refractivity contribution in [3.05, 3.63) is 50.9 Å². The van der Waals surface area contributed by atoms with E-state index in [0.717, 1.165) is 10.6 Å². The first kappa shape index (κ1) is 12.6. The number of carbonyl (C=O) groups is 1. The van der Waals surface area contributed by atoms with E-state index in [4.69, 9.17) is 23.2 Å². The van der Waals surface area contributed by atoms with Crippen molar-refractivity contribution in [2.75, 3.05) is 5.88 Å². The van der Waals surface area contributed by atoms with Gasteiger partial charge in [0.05, 0.1) is 10.9 Å². The number of hydrogen-bond donors (Lipinski definition) is 0. The van der Waals surface area contributed by atoms with Gasteiger partial charge in [0.2, 0.25) is 0 Å². The molecule has 0 aliphatic heterocycles. The van der Waals surface area contributed by atoms with E-state index in [9.17, 15) is 4.79 Å². The summed E-state index contributed by atoms with van der Waals surface area (Å²) in [6.45, 7) is 0. The van der Waals surface area contributed by atoms with Crippen LogP contribution in [0.2, 0.25) is 5.02 Å². The van der Waals surface area contributed by atoms with Gasteiger partial charge < -0.3 is 0 Å². The molecule has 0 amide bonds. The van der Waals surface area contributed by atoms with Crippen LogP contribution in [0.1, 0.15) is 21.1 Å². The Balaban J connectivity index is 2.14. The summed E-state index contributed by atoms with van der Waals surface area (Å²) < 4.78 is 0. The number of nitrogens with zero attached hydrogens (tertiary/aromatic N) is 1. The van der Waals surface area contributed by atoms with Crippen LogP contribution in [0.5, 0.6) is 0 Å². The van der Waals surface area contributed by atoms with Crippen molar-refractivity contribution in [2.45, 2.75) is 6.42 Å². The third-order valence-electron chi connectivity index (χ3n) is 2.20. The van der Waals surface area contributed by atoms with Crippen molar-refractivity contribution in [1.29, 1.82) is 0 Å². The second-order valence-electron chi connectivity index (χ2n) is 3.49. The molecule has 2 rings (SSSR count). The summed E-state index contributed by atoms with van der Waals surface area (Å²) in [5.41, 5.74) is 1.53. The number of carbonyl (C=O) groups excluding carboxylic acids is 1. The maximum Gasteiger partial charge on any atom is 0.196 e. The minimum atomic E-state index is -0.139. The molecule has 0 aliphatic rings. The highest BCUT2D eigenvalue weighted by Gasteiger charge is 2.09. The minimum Gasteiger partial charge on any atom is -0.291 e. The second kappa shape index (κ2) is 5.63. The SMILES string of the molecule is O=C(CCl)c1csc(Cc2cccc(Cl)c2)n1. The molecule has 1 heterocycles. The molecule has 0 spiro atoms. The van der Waals surface area contributed by atoms with E-state index in [1.54, 1.807) is 5.38 Å². The molecule has 5 heteroatoms. The molecule has 1 aromatic heterocycles. The van der Waals surface area contributed by atoms with Crippen molar-refractivity contribution in [3.63, 3.8) is 0 Å². The van der Waals surface area contributed by atoms with Gasteiger partial charge in [0.25, 0.3) is 0 Å². The molecule has 2 nitrogen and oxygen atoms in total. The first-order chi connectivity index (χ1) is 8.19. The van der Waals surface area contributed by atoms with E-state index in [-0.39, 0.29) is 11.7 Å². The van der Waals surface area contributed by atoms with Gasteiger partial charge in [-0.3, -0.25) is 4.79 Å². The monoisotopic (exact) mass is 285 g/mol. The van der Waals surface area contributed by atoms with Crippen molar-refractivity contribution in [3.8, 4) is 0 Å². The Labute approximate surface area is 113 Å². The average Bonchev–Trinajstić information content (AvgIpc) is 2.76. The molecular formula is C12H9Cl2NOS. The van der Waals surface area contributed by atoms with E-state index in [0.29, 0.717) is 17.1 Å². The number of halogens is 2. The van der Waals surface area contributed by atoms with Crippen LogP contribution in [-0.4, -0.2) is 16.6 Å². The maximum absolute atomic E-state index is 11.3. The lowest BCUT2D eigenvalue weighted by Crippen LogP contribution is -2.00. The van der Waals surface area contributed by atoms with E-state index in [1.807, 2.05) is 24.3 Å². The number of thiazole rings is 1. The Kier molecular flexibility index (Phi) is 4.15. The number of alkyl halides is 1. The third kappa shape index (κ3) is 3.28. The van der Waals surface area contributed by atoms with Crippen LogP contribution in [0.3, 0.4) is 0 Å². The molecule has 0 atom stereocenters. The van der Waals surface area contributed by atoms with Gasteiger partial charge in [0.15, 0.2) is 5.78 Å². The van der Waals surface area contributed by atoms with Crippen LogP contribution in [0.15, 0.2) is 29.6 Å².